The molecule has 3 heteroatoms. The van der Waals surface area contributed by atoms with E-state index in [2.05, 4.69) is 18.2 Å². The number of para-hydroxylation sites is 1. The number of aryl methyl sites for hydroxylation is 1. The fourth-order valence-electron chi connectivity index (χ4n) is 2.78. The molecule has 1 aliphatic carbocycles. The lowest BCUT2D eigenvalue weighted by Gasteiger charge is -2.13. The molecule has 2 heterocycles. The summed E-state index contributed by atoms with van der Waals surface area (Å²) in [5, 5.41) is 0.783. The van der Waals surface area contributed by atoms with Gasteiger partial charge in [0.1, 0.15) is 0 Å². The van der Waals surface area contributed by atoms with Crippen LogP contribution in [0.25, 0.3) is 17.0 Å². The van der Waals surface area contributed by atoms with Crippen molar-refractivity contribution < 1.29 is 0 Å². The summed E-state index contributed by atoms with van der Waals surface area (Å²) < 4.78 is 3.76. The largest absolute Gasteiger partial charge is 0.279 e. The van der Waals surface area contributed by atoms with Crippen LogP contribution in [0.3, 0.4) is 0 Å². The third-order valence-electron chi connectivity index (χ3n) is 3.62. The third-order valence-corrected chi connectivity index (χ3v) is 3.62. The molecule has 0 aliphatic heterocycles. The molecule has 0 bridgehead atoms. The van der Waals surface area contributed by atoms with Crippen LogP contribution >= 0.6 is 0 Å². The number of fused-ring (bicyclic) bond motifs is 5. The van der Waals surface area contributed by atoms with Crippen LogP contribution in [0, 0.1) is 0 Å². The topological polar surface area (TPSA) is 25.9 Å². The molecule has 3 nitrogen and oxygen atoms in total. The van der Waals surface area contributed by atoms with E-state index in [0.29, 0.717) is 0 Å². The molecule has 0 spiro atoms. The predicted octanol–water partition coefficient (Wildman–Crippen LogP) is 2.51. The lowest BCUT2D eigenvalue weighted by atomic mass is 10.0. The van der Waals surface area contributed by atoms with Crippen LogP contribution < -0.4 is 5.56 Å². The molecule has 0 fully saturated rings. The van der Waals surface area contributed by atoms with E-state index in [-0.39, 0.29) is 5.56 Å². The van der Waals surface area contributed by atoms with E-state index >= 15 is 0 Å². The van der Waals surface area contributed by atoms with Crippen LogP contribution in [0.5, 0.6) is 0 Å². The first kappa shape index (κ1) is 9.71. The maximum Gasteiger partial charge on any atom is 0.279 e. The molecular formula is C15H12N2O. The summed E-state index contributed by atoms with van der Waals surface area (Å²) in [6.45, 7) is 0. The van der Waals surface area contributed by atoms with Crippen molar-refractivity contribution in [3.63, 3.8) is 0 Å². The van der Waals surface area contributed by atoms with Gasteiger partial charge in [-0.3, -0.25) is 9.31 Å². The highest BCUT2D eigenvalue weighted by Crippen LogP contribution is 2.19. The summed E-state index contributed by atoms with van der Waals surface area (Å²) >= 11 is 0. The van der Waals surface area contributed by atoms with Crippen LogP contribution in [0.2, 0.25) is 0 Å². The summed E-state index contributed by atoms with van der Waals surface area (Å²) in [6.07, 6.45) is 8.15. The quantitative estimate of drug-likeness (QED) is 0.589. The molecule has 88 valence electrons. The second kappa shape index (κ2) is 3.35. The van der Waals surface area contributed by atoms with Gasteiger partial charge in [0.05, 0.1) is 16.6 Å². The Balaban J connectivity index is 2.31. The van der Waals surface area contributed by atoms with Gasteiger partial charge in [-0.1, -0.05) is 24.3 Å². The van der Waals surface area contributed by atoms with Gasteiger partial charge in [-0.2, -0.15) is 0 Å². The number of allylic oxidation sites excluding steroid dienone is 1. The fraction of sp³-hybridized carbons (Fsp3) is 0.133. The van der Waals surface area contributed by atoms with E-state index in [1.165, 1.54) is 0 Å². The molecule has 1 aliphatic rings. The highest BCUT2D eigenvalue weighted by molar-refractivity contribution is 5.78. The first-order valence-corrected chi connectivity index (χ1v) is 6.17. The van der Waals surface area contributed by atoms with Gasteiger partial charge in [-0.25, -0.2) is 4.52 Å². The van der Waals surface area contributed by atoms with Gasteiger partial charge in [-0.05, 0) is 36.6 Å². The molecule has 0 saturated carbocycles. The van der Waals surface area contributed by atoms with E-state index in [1.807, 2.05) is 39.5 Å². The number of hydrogen-bond acceptors (Lipinski definition) is 1. The predicted molar refractivity (Wildman–Crippen MR) is 72.0 cm³/mol. The molecule has 3 aromatic rings. The summed E-state index contributed by atoms with van der Waals surface area (Å²) in [6, 6.07) is 9.84. The van der Waals surface area contributed by atoms with E-state index < -0.39 is 0 Å². The van der Waals surface area contributed by atoms with Crippen LogP contribution in [0.1, 0.15) is 17.7 Å². The Morgan fingerprint density at radius 2 is 2.00 bits per heavy atom. The zero-order valence-electron chi connectivity index (χ0n) is 9.84. The third kappa shape index (κ3) is 1.11. The maximum atomic E-state index is 12.5. The molecule has 4 rings (SSSR count). The zero-order chi connectivity index (χ0) is 12.1. The van der Waals surface area contributed by atoms with Crippen molar-refractivity contribution >= 4 is 17.0 Å². The molecule has 0 radical (unpaired) electrons. The molecule has 0 N–H and O–H groups in total. The Labute approximate surface area is 104 Å². The highest BCUT2D eigenvalue weighted by Gasteiger charge is 2.14. The summed E-state index contributed by atoms with van der Waals surface area (Å²) in [5.41, 5.74) is 3.32. The van der Waals surface area contributed by atoms with E-state index in [9.17, 15) is 4.79 Å². The van der Waals surface area contributed by atoms with Crippen molar-refractivity contribution in [1.29, 1.82) is 0 Å². The Bertz CT molecular complexity index is 852. The minimum atomic E-state index is 0.0813. The first-order valence-electron chi connectivity index (χ1n) is 6.17. The van der Waals surface area contributed by atoms with Crippen LogP contribution in [0.4, 0.5) is 0 Å². The van der Waals surface area contributed by atoms with Gasteiger partial charge in [-0.15, -0.1) is 0 Å². The number of aromatic nitrogens is 2. The molecule has 2 aromatic heterocycles. The van der Waals surface area contributed by atoms with Crippen molar-refractivity contribution in [2.24, 2.45) is 0 Å². The SMILES string of the molecule is O=c1c2ccccc2n2ccc3c(n12)CCC=C3. The number of hydrogen-bond donors (Lipinski definition) is 0. The zero-order valence-corrected chi connectivity index (χ0v) is 9.84. The van der Waals surface area contributed by atoms with Crippen LogP contribution in [-0.2, 0) is 6.42 Å². The monoisotopic (exact) mass is 236 g/mol. The fourth-order valence-corrected chi connectivity index (χ4v) is 2.78. The molecular weight excluding hydrogens is 224 g/mol. The van der Waals surface area contributed by atoms with Gasteiger partial charge in [0.25, 0.3) is 5.56 Å². The summed E-state index contributed by atoms with van der Waals surface area (Å²) in [7, 11) is 0. The van der Waals surface area contributed by atoms with Gasteiger partial charge < -0.3 is 0 Å². The Morgan fingerprint density at radius 3 is 2.94 bits per heavy atom. The standard InChI is InChI=1S/C15H12N2O/c18-15-12-6-2-4-8-14(12)16-10-9-11-5-1-3-7-13(11)17(15)16/h1-2,4-6,8-10H,3,7H2. The van der Waals surface area contributed by atoms with Gasteiger partial charge in [0.2, 0.25) is 0 Å². The Morgan fingerprint density at radius 1 is 1.11 bits per heavy atom. The Hall–Kier alpha value is -2.29. The first-order chi connectivity index (χ1) is 8.86. The average Bonchev–Trinajstić information content (AvgIpc) is 2.73. The average molecular weight is 236 g/mol. The molecule has 0 saturated heterocycles. The number of nitrogens with zero attached hydrogens (tertiary/aromatic N) is 2. The highest BCUT2D eigenvalue weighted by atomic mass is 16.1. The van der Waals surface area contributed by atoms with E-state index in [0.717, 1.165) is 35.0 Å². The van der Waals surface area contributed by atoms with Crippen molar-refractivity contribution in [2.45, 2.75) is 12.8 Å². The molecule has 0 atom stereocenters. The Kier molecular flexibility index (Phi) is 1.81. The lowest BCUT2D eigenvalue weighted by Crippen LogP contribution is -2.18. The summed E-state index contributed by atoms with van der Waals surface area (Å²) in [4.78, 5) is 12.5. The second-order valence-electron chi connectivity index (χ2n) is 4.64. The lowest BCUT2D eigenvalue weighted by molar-refractivity contribution is 0.732. The van der Waals surface area contributed by atoms with Crippen LogP contribution in [-0.4, -0.2) is 9.03 Å². The summed E-state index contributed by atoms with van der Waals surface area (Å²) in [5.74, 6) is 0. The molecule has 1 aromatic carbocycles. The minimum Gasteiger partial charge on any atom is -0.267 e. The van der Waals surface area contributed by atoms with Gasteiger partial charge in [0.15, 0.2) is 0 Å². The smallest absolute Gasteiger partial charge is 0.267 e. The maximum absolute atomic E-state index is 12.5. The van der Waals surface area contributed by atoms with Crippen LogP contribution in [0.15, 0.2) is 47.4 Å². The van der Waals surface area contributed by atoms with Crippen molar-refractivity contribution in [3.05, 3.63) is 64.2 Å². The normalized spacial score (nSPS) is 14.2. The van der Waals surface area contributed by atoms with Gasteiger partial charge >= 0.3 is 0 Å². The van der Waals surface area contributed by atoms with E-state index in [1.54, 1.807) is 0 Å². The molecule has 0 amide bonds. The molecule has 18 heavy (non-hydrogen) atoms. The van der Waals surface area contributed by atoms with Crippen molar-refractivity contribution in [3.8, 4) is 0 Å². The molecule has 0 unspecified atom stereocenters. The van der Waals surface area contributed by atoms with E-state index in [4.69, 9.17) is 0 Å². The number of rotatable bonds is 0. The number of benzene rings is 1. The minimum absolute atomic E-state index is 0.0813. The van der Waals surface area contributed by atoms with Crippen molar-refractivity contribution in [2.75, 3.05) is 0 Å². The van der Waals surface area contributed by atoms with Gasteiger partial charge in [0, 0.05) is 6.20 Å². The van der Waals surface area contributed by atoms with Crippen molar-refractivity contribution in [1.82, 2.24) is 9.03 Å². The second-order valence-corrected chi connectivity index (χ2v) is 4.64.